The SMILES string of the molecule is CCCCC1(O)[C@H](C)[C@@H](c2ccc(Cl)cc2)[NH2+][C@@H](c2ccc(Cl)cc2)[C@@H]1C. The van der Waals surface area contributed by atoms with Gasteiger partial charge in [0.15, 0.2) is 0 Å². The lowest BCUT2D eigenvalue weighted by molar-refractivity contribution is -0.764. The average Bonchev–Trinajstić information content (AvgIpc) is 2.67. The first-order chi connectivity index (χ1) is 12.9. The van der Waals surface area contributed by atoms with Crippen molar-refractivity contribution >= 4 is 23.2 Å². The van der Waals surface area contributed by atoms with Crippen LogP contribution in [0.2, 0.25) is 10.0 Å². The maximum Gasteiger partial charge on any atom is 0.117 e. The fourth-order valence-corrected chi connectivity index (χ4v) is 4.93. The van der Waals surface area contributed by atoms with E-state index in [2.05, 4.69) is 50.4 Å². The average molecular weight is 407 g/mol. The zero-order valence-electron chi connectivity index (χ0n) is 16.3. The summed E-state index contributed by atoms with van der Waals surface area (Å²) in [5.74, 6) is 0.285. The van der Waals surface area contributed by atoms with Gasteiger partial charge >= 0.3 is 0 Å². The molecule has 0 bridgehead atoms. The number of rotatable bonds is 5. The van der Waals surface area contributed by atoms with E-state index in [9.17, 15) is 5.11 Å². The van der Waals surface area contributed by atoms with Crippen LogP contribution in [-0.4, -0.2) is 10.7 Å². The van der Waals surface area contributed by atoms with E-state index in [0.717, 1.165) is 29.3 Å². The number of aliphatic hydroxyl groups is 1. The van der Waals surface area contributed by atoms with Gasteiger partial charge in [-0.25, -0.2) is 0 Å². The van der Waals surface area contributed by atoms with Crippen LogP contribution in [0.5, 0.6) is 0 Å². The summed E-state index contributed by atoms with van der Waals surface area (Å²) in [4.78, 5) is 0. The Morgan fingerprint density at radius 1 is 0.852 bits per heavy atom. The molecule has 2 aromatic rings. The summed E-state index contributed by atoms with van der Waals surface area (Å²) in [5.41, 5.74) is 1.72. The van der Waals surface area contributed by atoms with Crippen LogP contribution >= 0.6 is 23.2 Å². The van der Waals surface area contributed by atoms with Crippen LogP contribution in [-0.2, 0) is 0 Å². The van der Waals surface area contributed by atoms with Crippen molar-refractivity contribution in [3.05, 3.63) is 69.7 Å². The number of halogens is 2. The first kappa shape index (κ1) is 20.7. The zero-order chi connectivity index (χ0) is 19.6. The lowest BCUT2D eigenvalue weighted by atomic mass is 9.64. The number of nitrogens with two attached hydrogens (primary N) is 1. The molecule has 0 aliphatic carbocycles. The minimum Gasteiger partial charge on any atom is -0.389 e. The molecule has 0 aromatic heterocycles. The molecule has 1 aliphatic rings. The van der Waals surface area contributed by atoms with Crippen LogP contribution in [0.1, 0.15) is 63.2 Å². The van der Waals surface area contributed by atoms with Crippen molar-refractivity contribution in [1.29, 1.82) is 0 Å². The molecule has 0 saturated carbocycles. The normalized spacial score (nSPS) is 31.0. The molecule has 3 N–H and O–H groups in total. The highest BCUT2D eigenvalue weighted by Gasteiger charge is 2.53. The Bertz CT molecular complexity index is 686. The number of unbranched alkanes of at least 4 members (excludes halogenated alkanes) is 1. The zero-order valence-corrected chi connectivity index (χ0v) is 17.8. The van der Waals surface area contributed by atoms with Crippen molar-refractivity contribution in [2.45, 2.75) is 57.7 Å². The van der Waals surface area contributed by atoms with E-state index in [1.807, 2.05) is 24.3 Å². The monoisotopic (exact) mass is 406 g/mol. The molecule has 2 nitrogen and oxygen atoms in total. The van der Waals surface area contributed by atoms with Gasteiger partial charge in [-0.1, -0.05) is 81.1 Å². The van der Waals surface area contributed by atoms with E-state index in [1.54, 1.807) is 0 Å². The van der Waals surface area contributed by atoms with Crippen molar-refractivity contribution in [1.82, 2.24) is 0 Å². The highest BCUT2D eigenvalue weighted by Crippen LogP contribution is 2.45. The Kier molecular flexibility index (Phi) is 6.53. The first-order valence-corrected chi connectivity index (χ1v) is 10.7. The topological polar surface area (TPSA) is 36.8 Å². The second-order valence-corrected chi connectivity index (χ2v) is 8.89. The molecule has 146 valence electrons. The maximum atomic E-state index is 11.8. The van der Waals surface area contributed by atoms with Crippen LogP contribution < -0.4 is 5.32 Å². The second-order valence-electron chi connectivity index (χ2n) is 8.02. The summed E-state index contributed by atoms with van der Waals surface area (Å²) in [6.45, 7) is 6.57. The van der Waals surface area contributed by atoms with Crippen molar-refractivity contribution in [2.75, 3.05) is 0 Å². The highest BCUT2D eigenvalue weighted by atomic mass is 35.5. The van der Waals surface area contributed by atoms with Gasteiger partial charge in [0.05, 0.1) is 5.60 Å². The summed E-state index contributed by atoms with van der Waals surface area (Å²) in [6.07, 6.45) is 2.95. The van der Waals surface area contributed by atoms with Gasteiger partial charge in [-0.2, -0.15) is 0 Å². The van der Waals surface area contributed by atoms with Crippen molar-refractivity contribution in [3.8, 4) is 0 Å². The lowest BCUT2D eigenvalue weighted by Crippen LogP contribution is -2.93. The fraction of sp³-hybridized carbons (Fsp3) is 0.478. The van der Waals surface area contributed by atoms with Crippen LogP contribution in [0.3, 0.4) is 0 Å². The lowest BCUT2D eigenvalue weighted by Gasteiger charge is -2.49. The Balaban J connectivity index is 2.01. The van der Waals surface area contributed by atoms with E-state index in [1.165, 1.54) is 11.1 Å². The molecule has 0 amide bonds. The molecule has 2 aromatic carbocycles. The van der Waals surface area contributed by atoms with Crippen LogP contribution in [0.25, 0.3) is 0 Å². The fourth-order valence-electron chi connectivity index (χ4n) is 4.68. The third-order valence-electron chi connectivity index (χ3n) is 6.51. The van der Waals surface area contributed by atoms with Gasteiger partial charge in [0.25, 0.3) is 0 Å². The molecular weight excluding hydrogens is 377 g/mol. The molecule has 4 heteroatoms. The number of hydrogen-bond acceptors (Lipinski definition) is 1. The minimum atomic E-state index is -0.709. The largest absolute Gasteiger partial charge is 0.389 e. The minimum absolute atomic E-state index is 0.142. The second kappa shape index (κ2) is 8.53. The Hall–Kier alpha value is -1.06. The predicted molar refractivity (Wildman–Crippen MR) is 113 cm³/mol. The van der Waals surface area contributed by atoms with Gasteiger partial charge in [0.1, 0.15) is 12.1 Å². The maximum absolute atomic E-state index is 11.8. The van der Waals surface area contributed by atoms with E-state index >= 15 is 0 Å². The smallest absolute Gasteiger partial charge is 0.117 e. The predicted octanol–water partition coefficient (Wildman–Crippen LogP) is 5.55. The first-order valence-electron chi connectivity index (χ1n) is 9.95. The van der Waals surface area contributed by atoms with Crippen LogP contribution in [0.4, 0.5) is 0 Å². The van der Waals surface area contributed by atoms with E-state index in [0.29, 0.717) is 0 Å². The van der Waals surface area contributed by atoms with Gasteiger partial charge in [-0.3, -0.25) is 0 Å². The van der Waals surface area contributed by atoms with Gasteiger partial charge in [0.2, 0.25) is 0 Å². The molecule has 0 radical (unpaired) electrons. The summed E-state index contributed by atoms with van der Waals surface area (Å²) in [6, 6.07) is 16.5. The molecular formula is C23H30Cl2NO+. The Morgan fingerprint density at radius 2 is 1.26 bits per heavy atom. The third-order valence-corrected chi connectivity index (χ3v) is 7.01. The van der Waals surface area contributed by atoms with Gasteiger partial charge in [-0.05, 0) is 30.7 Å². The molecule has 1 aliphatic heterocycles. The van der Waals surface area contributed by atoms with Gasteiger partial charge in [-0.15, -0.1) is 0 Å². The van der Waals surface area contributed by atoms with E-state index in [-0.39, 0.29) is 23.9 Å². The third kappa shape index (κ3) is 4.19. The molecule has 0 spiro atoms. The summed E-state index contributed by atoms with van der Waals surface area (Å²) >= 11 is 12.2. The van der Waals surface area contributed by atoms with E-state index in [4.69, 9.17) is 23.2 Å². The van der Waals surface area contributed by atoms with Gasteiger partial charge in [0, 0.05) is 33.0 Å². The molecule has 1 saturated heterocycles. The van der Waals surface area contributed by atoms with Crippen LogP contribution in [0, 0.1) is 11.8 Å². The molecule has 5 atom stereocenters. The molecule has 1 fully saturated rings. The quantitative estimate of drug-likeness (QED) is 0.670. The van der Waals surface area contributed by atoms with E-state index < -0.39 is 5.60 Å². The highest BCUT2D eigenvalue weighted by molar-refractivity contribution is 6.30. The number of quaternary nitrogens is 1. The number of hydrogen-bond donors (Lipinski definition) is 2. The summed E-state index contributed by atoms with van der Waals surface area (Å²) in [5, 5.41) is 15.7. The van der Waals surface area contributed by atoms with Crippen molar-refractivity contribution in [2.24, 2.45) is 11.8 Å². The standard InChI is InChI=1S/C23H29Cl2NO/c1-4-5-14-23(27)15(2)21(17-6-10-19(24)11-7-17)26-22(16(23)3)18-8-12-20(25)13-9-18/h6-13,15-16,21-22,26-27H,4-5,14H2,1-3H3/p+1/t15-,16+,21+,22-,23?. The number of piperidine rings is 1. The van der Waals surface area contributed by atoms with Crippen LogP contribution in [0.15, 0.2) is 48.5 Å². The molecule has 1 heterocycles. The van der Waals surface area contributed by atoms with Crippen molar-refractivity contribution in [3.63, 3.8) is 0 Å². The molecule has 1 unspecified atom stereocenters. The Labute approximate surface area is 172 Å². The number of benzene rings is 2. The summed E-state index contributed by atoms with van der Waals surface area (Å²) < 4.78 is 0. The van der Waals surface area contributed by atoms with Gasteiger partial charge < -0.3 is 10.4 Å². The molecule has 3 rings (SSSR count). The Morgan fingerprint density at radius 3 is 1.63 bits per heavy atom. The van der Waals surface area contributed by atoms with Crippen molar-refractivity contribution < 1.29 is 10.4 Å². The molecule has 27 heavy (non-hydrogen) atoms. The summed E-state index contributed by atoms with van der Waals surface area (Å²) in [7, 11) is 0.